The molecule has 0 unspecified atom stereocenters. The van der Waals surface area contributed by atoms with Crippen LogP contribution in [0.3, 0.4) is 0 Å². The summed E-state index contributed by atoms with van der Waals surface area (Å²) in [5.41, 5.74) is 0. The first kappa shape index (κ1) is 9.18. The SMILES string of the molecule is [O-][Cl+3]([O-])([O-])ON1CCCCC1. The van der Waals surface area contributed by atoms with Crippen molar-refractivity contribution >= 4 is 0 Å². The standard InChI is InChI=1S/C5H10ClNO4/c8-6(9,10)11-7-4-2-1-3-5-7/h1-5H2. The zero-order valence-corrected chi connectivity index (χ0v) is 6.75. The van der Waals surface area contributed by atoms with Crippen molar-refractivity contribution in [3.05, 3.63) is 0 Å². The zero-order chi connectivity index (χ0) is 8.32. The van der Waals surface area contributed by atoms with E-state index in [1.54, 1.807) is 0 Å². The second-order valence-corrected chi connectivity index (χ2v) is 3.33. The maximum Gasteiger partial charge on any atom is 0.179 e. The Balaban J connectivity index is 2.24. The van der Waals surface area contributed by atoms with E-state index in [-0.39, 0.29) is 0 Å². The van der Waals surface area contributed by atoms with Crippen LogP contribution in [0, 0.1) is 10.2 Å². The van der Waals surface area contributed by atoms with Crippen LogP contribution in [0.1, 0.15) is 19.3 Å². The first-order chi connectivity index (χ1) is 5.08. The molecule has 0 spiro atoms. The van der Waals surface area contributed by atoms with Crippen LogP contribution in [0.5, 0.6) is 0 Å². The zero-order valence-electron chi connectivity index (χ0n) is 5.99. The van der Waals surface area contributed by atoms with Gasteiger partial charge in [0.1, 0.15) is 10.2 Å². The monoisotopic (exact) mass is 183 g/mol. The largest absolute Gasteiger partial charge is 0.181 e. The fourth-order valence-corrected chi connectivity index (χ4v) is 1.43. The number of hydrogen-bond acceptors (Lipinski definition) is 5. The van der Waals surface area contributed by atoms with Gasteiger partial charge in [-0.05, 0) is 17.9 Å². The maximum atomic E-state index is 10.1. The van der Waals surface area contributed by atoms with Crippen LogP contribution in [-0.4, -0.2) is 18.2 Å². The summed E-state index contributed by atoms with van der Waals surface area (Å²) in [5.74, 6) is 0. The number of hydrogen-bond donors (Lipinski definition) is 0. The van der Waals surface area contributed by atoms with Crippen molar-refractivity contribution in [2.45, 2.75) is 19.3 Å². The molecule has 5 nitrogen and oxygen atoms in total. The molecule has 1 fully saturated rings. The van der Waals surface area contributed by atoms with E-state index in [0.717, 1.165) is 19.3 Å². The van der Waals surface area contributed by atoms with Crippen molar-refractivity contribution in [1.82, 2.24) is 5.06 Å². The fourth-order valence-electron chi connectivity index (χ4n) is 1.05. The Labute approximate surface area is 66.9 Å². The normalized spacial score (nSPS) is 22.1. The molecular formula is C5H10ClNO4. The van der Waals surface area contributed by atoms with E-state index >= 15 is 0 Å². The van der Waals surface area contributed by atoms with Crippen LogP contribution in [0.2, 0.25) is 0 Å². The van der Waals surface area contributed by atoms with Crippen molar-refractivity contribution in [2.24, 2.45) is 0 Å². The van der Waals surface area contributed by atoms with E-state index in [1.165, 1.54) is 5.06 Å². The summed E-state index contributed by atoms with van der Waals surface area (Å²) >= 11 is 0. The van der Waals surface area contributed by atoms with Gasteiger partial charge in [0.25, 0.3) is 0 Å². The lowest BCUT2D eigenvalue weighted by molar-refractivity contribution is -1.92. The Hall–Kier alpha value is 0.0900. The smallest absolute Gasteiger partial charge is 0.179 e. The lowest BCUT2D eigenvalue weighted by Gasteiger charge is -2.22. The summed E-state index contributed by atoms with van der Waals surface area (Å²) in [6.07, 6.45) is 2.83. The lowest BCUT2D eigenvalue weighted by Crippen LogP contribution is -2.63. The Bertz CT molecular complexity index is 120. The molecule has 11 heavy (non-hydrogen) atoms. The first-order valence-corrected chi connectivity index (χ1v) is 4.67. The summed E-state index contributed by atoms with van der Waals surface area (Å²) in [4.78, 5) is 0. The van der Waals surface area contributed by atoms with Gasteiger partial charge in [0.2, 0.25) is 0 Å². The lowest BCUT2D eigenvalue weighted by atomic mass is 10.2. The molecule has 1 heterocycles. The minimum absolute atomic E-state index is 0.522. The van der Waals surface area contributed by atoms with Crippen LogP contribution >= 0.6 is 0 Å². The molecule has 66 valence electrons. The van der Waals surface area contributed by atoms with Gasteiger partial charge in [-0.2, -0.15) is 14.0 Å². The molecule has 0 aliphatic carbocycles. The highest BCUT2D eigenvalue weighted by Gasteiger charge is 2.27. The van der Waals surface area contributed by atoms with Crippen LogP contribution in [0.4, 0.5) is 0 Å². The van der Waals surface area contributed by atoms with Crippen LogP contribution in [0.25, 0.3) is 0 Å². The molecule has 1 aliphatic heterocycles. The topological polar surface area (TPSA) is 81.6 Å². The maximum absolute atomic E-state index is 10.1. The van der Waals surface area contributed by atoms with E-state index in [9.17, 15) is 14.0 Å². The van der Waals surface area contributed by atoms with Gasteiger partial charge in [0, 0.05) is 13.1 Å². The molecule has 0 aromatic rings. The van der Waals surface area contributed by atoms with Crippen LogP contribution in [0.15, 0.2) is 0 Å². The van der Waals surface area contributed by atoms with E-state index in [1.807, 2.05) is 0 Å². The van der Waals surface area contributed by atoms with Crippen LogP contribution in [-0.2, 0) is 4.39 Å². The average Bonchev–Trinajstić information content (AvgIpc) is 1.85. The quantitative estimate of drug-likeness (QED) is 0.465. The van der Waals surface area contributed by atoms with Crippen molar-refractivity contribution in [3.63, 3.8) is 0 Å². The number of piperidine rings is 1. The molecule has 0 atom stereocenters. The summed E-state index contributed by atoms with van der Waals surface area (Å²) in [7, 11) is -4.29. The number of halogens is 1. The summed E-state index contributed by atoms with van der Waals surface area (Å²) < 4.78 is 34.3. The molecule has 0 amide bonds. The summed E-state index contributed by atoms with van der Waals surface area (Å²) in [6, 6.07) is 0. The molecule has 6 heteroatoms. The van der Waals surface area contributed by atoms with Gasteiger partial charge >= 0.3 is 0 Å². The highest BCUT2D eigenvalue weighted by molar-refractivity contribution is 4.54. The second kappa shape index (κ2) is 3.66. The van der Waals surface area contributed by atoms with Gasteiger partial charge in [-0.3, -0.25) is 0 Å². The number of nitrogens with zero attached hydrogens (tertiary/aromatic N) is 1. The van der Waals surface area contributed by atoms with E-state index < -0.39 is 10.2 Å². The Kier molecular flexibility index (Phi) is 3.06. The third-order valence-electron chi connectivity index (χ3n) is 1.50. The third-order valence-corrected chi connectivity index (χ3v) is 1.86. The third kappa shape index (κ3) is 3.85. The van der Waals surface area contributed by atoms with Gasteiger partial charge in [0.15, 0.2) is 4.39 Å². The Morgan fingerprint density at radius 3 is 2.00 bits per heavy atom. The van der Waals surface area contributed by atoms with E-state index in [4.69, 9.17) is 0 Å². The van der Waals surface area contributed by atoms with Gasteiger partial charge in [-0.1, -0.05) is 6.42 Å². The van der Waals surface area contributed by atoms with E-state index in [2.05, 4.69) is 4.39 Å². The molecule has 0 radical (unpaired) electrons. The highest BCUT2D eigenvalue weighted by atomic mass is 35.7. The van der Waals surface area contributed by atoms with Gasteiger partial charge in [0.05, 0.1) is 0 Å². The summed E-state index contributed by atoms with van der Waals surface area (Å²) in [6.45, 7) is 1.04. The van der Waals surface area contributed by atoms with Crippen molar-refractivity contribution in [2.75, 3.05) is 13.1 Å². The molecule has 0 aromatic carbocycles. The molecule has 1 rings (SSSR count). The number of hydroxylamine groups is 2. The van der Waals surface area contributed by atoms with Crippen LogP contribution < -0.4 is 14.0 Å². The fraction of sp³-hybridized carbons (Fsp3) is 1.00. The molecule has 0 saturated carbocycles. The predicted octanol–water partition coefficient (Wildman–Crippen LogP) is -2.70. The molecule has 0 aromatic heterocycles. The Morgan fingerprint density at radius 1 is 1.00 bits per heavy atom. The van der Waals surface area contributed by atoms with E-state index in [0.29, 0.717) is 13.1 Å². The summed E-state index contributed by atoms with van der Waals surface area (Å²) in [5, 5.41) is 1.19. The highest BCUT2D eigenvalue weighted by Crippen LogP contribution is 2.10. The number of rotatable bonds is 2. The first-order valence-electron chi connectivity index (χ1n) is 3.43. The predicted molar refractivity (Wildman–Crippen MR) is 26.5 cm³/mol. The van der Waals surface area contributed by atoms with Gasteiger partial charge < -0.3 is 0 Å². The Morgan fingerprint density at radius 2 is 1.55 bits per heavy atom. The molecule has 1 saturated heterocycles. The minimum atomic E-state index is -4.29. The molecule has 0 bridgehead atoms. The molecular weight excluding hydrogens is 174 g/mol. The molecule has 0 N–H and O–H groups in total. The molecule has 1 aliphatic rings. The van der Waals surface area contributed by atoms with Gasteiger partial charge in [-0.25, -0.2) is 0 Å². The minimum Gasteiger partial charge on any atom is -0.181 e. The van der Waals surface area contributed by atoms with Crippen molar-refractivity contribution in [3.8, 4) is 0 Å². The van der Waals surface area contributed by atoms with Gasteiger partial charge in [-0.15, -0.1) is 0 Å². The average molecular weight is 184 g/mol. The second-order valence-electron chi connectivity index (χ2n) is 2.44. The van der Waals surface area contributed by atoms with Crippen molar-refractivity contribution < 1.29 is 28.6 Å². The van der Waals surface area contributed by atoms with Crippen molar-refractivity contribution in [1.29, 1.82) is 0 Å².